The van der Waals surface area contributed by atoms with Crippen LogP contribution in [0.4, 0.5) is 34.1 Å². The molecule has 0 atom stereocenters. The van der Waals surface area contributed by atoms with Crippen LogP contribution in [0.3, 0.4) is 0 Å². The number of rotatable bonds is 3. The zero-order valence-electron chi connectivity index (χ0n) is 43.1. The average molecular weight is 883 g/mol. The number of anilines is 6. The highest BCUT2D eigenvalue weighted by atomic mass is 16.3. The predicted octanol–water partition coefficient (Wildman–Crippen LogP) is 15.8. The van der Waals surface area contributed by atoms with Gasteiger partial charge in [0.25, 0.3) is 6.71 Å². The first kappa shape index (κ1) is 44.1. The molecule has 0 radical (unpaired) electrons. The first-order chi connectivity index (χ1) is 31.4. The Balaban J connectivity index is 1.29. The smallest absolute Gasteiger partial charge is 0.297 e. The molecule has 0 saturated carbocycles. The fraction of sp³-hybridized carbons (Fsp3) is 0.397. The van der Waals surface area contributed by atoms with Gasteiger partial charge in [0.1, 0.15) is 5.58 Å². The van der Waals surface area contributed by atoms with E-state index >= 15 is 0 Å². The van der Waals surface area contributed by atoms with Gasteiger partial charge in [-0.2, -0.15) is 0 Å². The fourth-order valence-corrected chi connectivity index (χ4v) is 12.4. The van der Waals surface area contributed by atoms with Gasteiger partial charge < -0.3 is 14.2 Å². The Morgan fingerprint density at radius 1 is 0.507 bits per heavy atom. The topological polar surface area (TPSA) is 19.6 Å². The summed E-state index contributed by atoms with van der Waals surface area (Å²) in [5.41, 5.74) is 24.3. The number of hydrogen-bond acceptors (Lipinski definition) is 3. The van der Waals surface area contributed by atoms with Crippen molar-refractivity contribution < 1.29 is 4.42 Å². The van der Waals surface area contributed by atoms with Crippen molar-refractivity contribution in [1.29, 1.82) is 0 Å². The van der Waals surface area contributed by atoms with Gasteiger partial charge in [-0.25, -0.2) is 0 Å². The van der Waals surface area contributed by atoms with Crippen molar-refractivity contribution in [1.82, 2.24) is 0 Å². The minimum atomic E-state index is -0.123. The molecule has 2 aliphatic carbocycles. The van der Waals surface area contributed by atoms with Gasteiger partial charge in [-0.05, 0) is 175 Å². The number of nitrogens with zero attached hydrogens (tertiary/aromatic N) is 2. The lowest BCUT2D eigenvalue weighted by Crippen LogP contribution is -2.61. The highest BCUT2D eigenvalue weighted by Gasteiger charge is 2.50. The van der Waals surface area contributed by atoms with E-state index in [0.717, 1.165) is 42.6 Å². The summed E-state index contributed by atoms with van der Waals surface area (Å²) in [5, 5.41) is 1.21. The predicted molar refractivity (Wildman–Crippen MR) is 288 cm³/mol. The first-order valence-electron chi connectivity index (χ1n) is 25.2. The molecule has 0 saturated heterocycles. The molecular weight excluding hydrogens is 812 g/mol. The number of benzene rings is 6. The molecule has 0 spiro atoms. The summed E-state index contributed by atoms with van der Waals surface area (Å²) >= 11 is 0. The van der Waals surface area contributed by atoms with E-state index in [4.69, 9.17) is 4.42 Å². The maximum Gasteiger partial charge on any atom is 0.297 e. The molecule has 11 rings (SSSR count). The van der Waals surface area contributed by atoms with Gasteiger partial charge in [-0.3, -0.25) is 0 Å². The van der Waals surface area contributed by atoms with Crippen LogP contribution in [0.2, 0.25) is 0 Å². The van der Waals surface area contributed by atoms with Gasteiger partial charge in [-0.15, -0.1) is 0 Å². The summed E-state index contributed by atoms with van der Waals surface area (Å²) in [7, 11) is 0. The highest BCUT2D eigenvalue weighted by Crippen LogP contribution is 2.54. The van der Waals surface area contributed by atoms with Gasteiger partial charge in [0.2, 0.25) is 0 Å². The Morgan fingerprint density at radius 2 is 1.03 bits per heavy atom. The molecular formula is C63H71BN2O. The lowest BCUT2D eigenvalue weighted by Gasteiger charge is -2.47. The van der Waals surface area contributed by atoms with Crippen LogP contribution >= 0.6 is 0 Å². The molecule has 0 fully saturated rings. The highest BCUT2D eigenvalue weighted by molar-refractivity contribution is 7.00. The number of aryl methyl sites for hydroxylation is 1. The molecule has 7 aromatic rings. The molecule has 4 aliphatic rings. The van der Waals surface area contributed by atoms with E-state index in [9.17, 15) is 0 Å². The Hall–Kier alpha value is -5.48. The van der Waals surface area contributed by atoms with Crippen molar-refractivity contribution in [3.05, 3.63) is 148 Å². The summed E-state index contributed by atoms with van der Waals surface area (Å²) in [4.78, 5) is 5.24. The van der Waals surface area contributed by atoms with E-state index in [1.165, 1.54) is 94.8 Å². The van der Waals surface area contributed by atoms with Crippen molar-refractivity contribution in [2.75, 3.05) is 9.80 Å². The zero-order chi connectivity index (χ0) is 47.5. The lowest BCUT2D eigenvalue weighted by molar-refractivity contribution is 0.332. The third-order valence-electron chi connectivity index (χ3n) is 16.9. The van der Waals surface area contributed by atoms with Crippen LogP contribution in [0.5, 0.6) is 0 Å². The van der Waals surface area contributed by atoms with Gasteiger partial charge in [-0.1, -0.05) is 152 Å². The van der Waals surface area contributed by atoms with Crippen LogP contribution in [-0.4, -0.2) is 6.71 Å². The van der Waals surface area contributed by atoms with Crippen LogP contribution in [0.15, 0.2) is 114 Å². The van der Waals surface area contributed by atoms with Crippen LogP contribution in [0, 0.1) is 6.92 Å². The van der Waals surface area contributed by atoms with E-state index in [2.05, 4.69) is 223 Å². The second-order valence-electron chi connectivity index (χ2n) is 25.7. The fourth-order valence-electron chi connectivity index (χ4n) is 12.4. The van der Waals surface area contributed by atoms with Gasteiger partial charge in [0.05, 0.1) is 17.0 Å². The molecule has 0 N–H and O–H groups in total. The summed E-state index contributed by atoms with van der Waals surface area (Å²) in [5.74, 6) is 0. The maximum atomic E-state index is 7.65. The normalized spacial score (nSPS) is 18.5. The largest absolute Gasteiger partial charge is 0.468 e. The molecule has 0 unspecified atom stereocenters. The molecule has 4 heteroatoms. The Morgan fingerprint density at radius 3 is 1.61 bits per heavy atom. The van der Waals surface area contributed by atoms with Crippen LogP contribution < -0.4 is 26.4 Å². The summed E-state index contributed by atoms with van der Waals surface area (Å²) < 4.78 is 7.65. The monoisotopic (exact) mass is 883 g/mol. The van der Waals surface area contributed by atoms with E-state index in [1.54, 1.807) is 0 Å². The number of fused-ring (bicyclic) bond motifs is 8. The second kappa shape index (κ2) is 14.3. The Labute approximate surface area is 402 Å². The molecule has 0 bridgehead atoms. The standard InChI is InChI=1S/C63H71BN2O/c1-38-31-52-55-53(32-38)66(50-26-23-41(59(5,6)7)33-43(50)39-19-17-16-18-20-39)51-36-47-46(61(10,11)28-29-62(47,12)13)35-49(51)64(55)57-56(65(52)42-24-21-40(22-25-42)58(2,3)4)44-34-45-48(37-54(44)67-57)63(14,15)30-27-60(45,8)9/h16-26,31-37H,27-30H2,1-15H3. The number of furan rings is 1. The summed E-state index contributed by atoms with van der Waals surface area (Å²) in [6.07, 6.45) is 4.62. The molecule has 3 heterocycles. The van der Waals surface area contributed by atoms with Crippen molar-refractivity contribution in [3.8, 4) is 11.1 Å². The van der Waals surface area contributed by atoms with Crippen molar-refractivity contribution in [3.63, 3.8) is 0 Å². The minimum absolute atomic E-state index is 0.0193. The van der Waals surface area contributed by atoms with Gasteiger partial charge in [0, 0.05) is 33.7 Å². The van der Waals surface area contributed by atoms with E-state index in [1.807, 2.05) is 0 Å². The van der Waals surface area contributed by atoms with E-state index in [-0.39, 0.29) is 39.2 Å². The Kier molecular flexibility index (Phi) is 9.39. The van der Waals surface area contributed by atoms with Crippen molar-refractivity contribution in [2.45, 2.75) is 162 Å². The molecule has 2 aliphatic heterocycles. The summed E-state index contributed by atoms with van der Waals surface area (Å²) in [6, 6.07) is 42.9. The van der Waals surface area contributed by atoms with Gasteiger partial charge in [0.15, 0.2) is 0 Å². The average Bonchev–Trinajstić information content (AvgIpc) is 3.64. The molecule has 0 amide bonds. The quantitative estimate of drug-likeness (QED) is 0.165. The van der Waals surface area contributed by atoms with Gasteiger partial charge >= 0.3 is 0 Å². The van der Waals surface area contributed by atoms with E-state index in [0.29, 0.717) is 0 Å². The van der Waals surface area contributed by atoms with Crippen molar-refractivity contribution in [2.24, 2.45) is 0 Å². The second-order valence-corrected chi connectivity index (χ2v) is 25.7. The molecule has 1 aromatic heterocycles. The molecule has 6 aromatic carbocycles. The number of hydrogen-bond donors (Lipinski definition) is 0. The third kappa shape index (κ3) is 6.73. The van der Waals surface area contributed by atoms with Crippen LogP contribution in [0.1, 0.15) is 162 Å². The lowest BCUT2D eigenvalue weighted by atomic mass is 9.35. The van der Waals surface area contributed by atoms with Crippen molar-refractivity contribution >= 4 is 68.4 Å². The first-order valence-corrected chi connectivity index (χ1v) is 25.2. The van der Waals surface area contributed by atoms with Crippen LogP contribution in [-0.2, 0) is 32.5 Å². The SMILES string of the molecule is Cc1cc2c3c(c1)N(c1ccc(C(C)(C)C)cc1)c1c(oc4cc5c(cc14)C(C)(C)CCC5(C)C)B3c1cc3c(cc1N2c1ccc(C(C)(C)C)cc1-c1ccccc1)C(C)(C)CCC3(C)C. The maximum absolute atomic E-state index is 7.65. The minimum Gasteiger partial charge on any atom is -0.468 e. The summed E-state index contributed by atoms with van der Waals surface area (Å²) in [6.45, 7) is 35.7. The Bertz CT molecular complexity index is 3160. The van der Waals surface area contributed by atoms with E-state index < -0.39 is 0 Å². The molecule has 67 heavy (non-hydrogen) atoms. The molecule has 3 nitrogen and oxygen atoms in total. The zero-order valence-corrected chi connectivity index (χ0v) is 43.1. The third-order valence-corrected chi connectivity index (χ3v) is 16.9. The van der Waals surface area contributed by atoms with Crippen LogP contribution in [0.25, 0.3) is 22.1 Å². The molecule has 342 valence electrons.